The molecule has 0 fully saturated rings. The maximum absolute atomic E-state index is 11.3. The molecule has 0 spiro atoms. The molecule has 0 amide bonds. The molecule has 0 aliphatic carbocycles. The molecule has 2 aromatic heterocycles. The molecule has 2 heterocycles. The van der Waals surface area contributed by atoms with Crippen LogP contribution < -0.4 is 0 Å². The minimum absolute atomic E-state index is 0.0786. The lowest BCUT2D eigenvalue weighted by Crippen LogP contribution is -2.07. The third-order valence-electron chi connectivity index (χ3n) is 2.91. The average molecular weight is 281 g/mol. The van der Waals surface area contributed by atoms with Gasteiger partial charge in [-0.3, -0.25) is 9.97 Å². The van der Waals surface area contributed by atoms with Crippen molar-refractivity contribution in [3.8, 4) is 11.3 Å². The van der Waals surface area contributed by atoms with Crippen LogP contribution in [0.3, 0.4) is 0 Å². The van der Waals surface area contributed by atoms with Crippen molar-refractivity contribution in [3.63, 3.8) is 0 Å². The van der Waals surface area contributed by atoms with Crippen molar-refractivity contribution in [1.82, 2.24) is 25.0 Å². The van der Waals surface area contributed by atoms with Crippen molar-refractivity contribution >= 4 is 5.97 Å². The topological polar surface area (TPSA) is 93.8 Å². The Kier molecular flexibility index (Phi) is 3.38. The van der Waals surface area contributed by atoms with Crippen molar-refractivity contribution in [1.29, 1.82) is 0 Å². The third kappa shape index (κ3) is 2.62. The van der Waals surface area contributed by atoms with E-state index in [1.807, 2.05) is 30.3 Å². The van der Waals surface area contributed by atoms with E-state index < -0.39 is 5.97 Å². The molecule has 104 valence electrons. The van der Waals surface area contributed by atoms with Gasteiger partial charge in [-0.2, -0.15) is 0 Å². The molecule has 7 nitrogen and oxygen atoms in total. The first-order valence-corrected chi connectivity index (χ1v) is 6.23. The van der Waals surface area contributed by atoms with E-state index in [4.69, 9.17) is 0 Å². The normalized spacial score (nSPS) is 10.5. The van der Waals surface area contributed by atoms with Gasteiger partial charge in [-0.05, 0) is 0 Å². The third-order valence-corrected chi connectivity index (χ3v) is 2.91. The Morgan fingerprint density at radius 2 is 2.00 bits per heavy atom. The van der Waals surface area contributed by atoms with Gasteiger partial charge in [-0.1, -0.05) is 35.5 Å². The number of hydrogen-bond donors (Lipinski definition) is 1. The second-order valence-electron chi connectivity index (χ2n) is 4.31. The average Bonchev–Trinajstić information content (AvgIpc) is 2.93. The van der Waals surface area contributed by atoms with E-state index in [1.165, 1.54) is 4.68 Å². The number of aromatic carboxylic acids is 1. The number of nitrogens with zero attached hydrogens (tertiary/aromatic N) is 5. The summed E-state index contributed by atoms with van der Waals surface area (Å²) in [6.07, 6.45) is 4.76. The number of aromatic nitrogens is 5. The number of rotatable bonds is 4. The molecule has 0 aliphatic heterocycles. The van der Waals surface area contributed by atoms with Crippen molar-refractivity contribution in [2.75, 3.05) is 0 Å². The molecular weight excluding hydrogens is 270 g/mol. The number of carbonyl (C=O) groups is 1. The Balaban J connectivity index is 2.07. The summed E-state index contributed by atoms with van der Waals surface area (Å²) >= 11 is 0. The summed E-state index contributed by atoms with van der Waals surface area (Å²) in [7, 11) is 0. The molecule has 0 unspecified atom stereocenters. The van der Waals surface area contributed by atoms with Gasteiger partial charge < -0.3 is 5.11 Å². The van der Waals surface area contributed by atoms with E-state index >= 15 is 0 Å². The van der Waals surface area contributed by atoms with Crippen LogP contribution in [-0.4, -0.2) is 36.0 Å². The standard InChI is InChI=1S/C14H11N5O2/c20-14(21)12-13(10-4-2-1-3-5-10)19(18-17-12)9-11-8-15-6-7-16-11/h1-8H,9H2,(H,20,21). The molecule has 0 saturated carbocycles. The Labute approximate surface area is 119 Å². The fourth-order valence-electron chi connectivity index (χ4n) is 2.01. The van der Waals surface area contributed by atoms with E-state index in [1.54, 1.807) is 18.6 Å². The van der Waals surface area contributed by atoms with Crippen LogP contribution in [0, 0.1) is 0 Å². The fourth-order valence-corrected chi connectivity index (χ4v) is 2.01. The molecule has 0 bridgehead atoms. The maximum Gasteiger partial charge on any atom is 0.358 e. The van der Waals surface area contributed by atoms with E-state index in [2.05, 4.69) is 20.3 Å². The van der Waals surface area contributed by atoms with Crippen molar-refractivity contribution in [2.24, 2.45) is 0 Å². The summed E-state index contributed by atoms with van der Waals surface area (Å²) in [5.41, 5.74) is 1.79. The number of carboxylic acid groups (broad SMARTS) is 1. The maximum atomic E-state index is 11.3. The van der Waals surface area contributed by atoms with Gasteiger partial charge in [0.05, 0.1) is 18.4 Å². The lowest BCUT2D eigenvalue weighted by molar-refractivity contribution is 0.0691. The zero-order chi connectivity index (χ0) is 14.7. The SMILES string of the molecule is O=C(O)c1nnn(Cc2cnccn2)c1-c1ccccc1. The van der Waals surface area contributed by atoms with Gasteiger partial charge in [0.15, 0.2) is 5.69 Å². The van der Waals surface area contributed by atoms with Crippen molar-refractivity contribution in [2.45, 2.75) is 6.54 Å². The molecule has 0 radical (unpaired) electrons. The highest BCUT2D eigenvalue weighted by Gasteiger charge is 2.20. The lowest BCUT2D eigenvalue weighted by atomic mass is 10.1. The molecule has 0 atom stereocenters. The summed E-state index contributed by atoms with van der Waals surface area (Å²) in [6.45, 7) is 0.304. The van der Waals surface area contributed by atoms with Crippen LogP contribution in [0.15, 0.2) is 48.9 Å². The Morgan fingerprint density at radius 3 is 2.67 bits per heavy atom. The number of carboxylic acids is 1. The smallest absolute Gasteiger partial charge is 0.358 e. The quantitative estimate of drug-likeness (QED) is 0.778. The van der Waals surface area contributed by atoms with Gasteiger partial charge >= 0.3 is 5.97 Å². The van der Waals surface area contributed by atoms with Gasteiger partial charge in [0.1, 0.15) is 5.69 Å². The Bertz CT molecular complexity index is 756. The summed E-state index contributed by atoms with van der Waals surface area (Å²) in [5.74, 6) is -1.11. The van der Waals surface area contributed by atoms with Crippen molar-refractivity contribution in [3.05, 3.63) is 60.3 Å². The first-order chi connectivity index (χ1) is 10.3. The Hall–Kier alpha value is -3.09. The second-order valence-corrected chi connectivity index (χ2v) is 4.31. The zero-order valence-corrected chi connectivity index (χ0v) is 10.9. The van der Waals surface area contributed by atoms with E-state index in [0.717, 1.165) is 5.56 Å². The minimum Gasteiger partial charge on any atom is -0.476 e. The number of benzene rings is 1. The van der Waals surface area contributed by atoms with Gasteiger partial charge in [0, 0.05) is 18.0 Å². The first-order valence-electron chi connectivity index (χ1n) is 6.23. The van der Waals surface area contributed by atoms with Crippen LogP contribution in [0.2, 0.25) is 0 Å². The predicted octanol–water partition coefficient (Wildman–Crippen LogP) is 1.48. The Morgan fingerprint density at radius 1 is 1.19 bits per heavy atom. The molecule has 0 saturated heterocycles. The summed E-state index contributed by atoms with van der Waals surface area (Å²) < 4.78 is 1.52. The van der Waals surface area contributed by atoms with E-state index in [9.17, 15) is 9.90 Å². The molecule has 3 aromatic rings. The molecule has 7 heteroatoms. The van der Waals surface area contributed by atoms with Crippen LogP contribution in [-0.2, 0) is 6.54 Å². The summed E-state index contributed by atoms with van der Waals surface area (Å²) in [5, 5.41) is 16.9. The summed E-state index contributed by atoms with van der Waals surface area (Å²) in [4.78, 5) is 19.5. The minimum atomic E-state index is -1.11. The van der Waals surface area contributed by atoms with Gasteiger partial charge in [-0.25, -0.2) is 9.48 Å². The monoisotopic (exact) mass is 281 g/mol. The predicted molar refractivity (Wildman–Crippen MR) is 73.6 cm³/mol. The highest BCUT2D eigenvalue weighted by Crippen LogP contribution is 2.22. The summed E-state index contributed by atoms with van der Waals surface area (Å²) in [6, 6.07) is 9.17. The first kappa shape index (κ1) is 12.9. The molecule has 1 aromatic carbocycles. The van der Waals surface area contributed by atoms with Crippen LogP contribution >= 0.6 is 0 Å². The van der Waals surface area contributed by atoms with Gasteiger partial charge in [-0.15, -0.1) is 5.10 Å². The van der Waals surface area contributed by atoms with Gasteiger partial charge in [0.25, 0.3) is 0 Å². The highest BCUT2D eigenvalue weighted by atomic mass is 16.4. The van der Waals surface area contributed by atoms with E-state index in [-0.39, 0.29) is 5.69 Å². The second kappa shape index (κ2) is 5.49. The van der Waals surface area contributed by atoms with Crippen molar-refractivity contribution < 1.29 is 9.90 Å². The largest absolute Gasteiger partial charge is 0.476 e. The number of hydrogen-bond acceptors (Lipinski definition) is 5. The zero-order valence-electron chi connectivity index (χ0n) is 10.9. The van der Waals surface area contributed by atoms with Crippen LogP contribution in [0.1, 0.15) is 16.2 Å². The molecule has 3 rings (SSSR count). The molecule has 21 heavy (non-hydrogen) atoms. The van der Waals surface area contributed by atoms with Crippen LogP contribution in [0.25, 0.3) is 11.3 Å². The molecule has 1 N–H and O–H groups in total. The molecule has 0 aliphatic rings. The molecular formula is C14H11N5O2. The highest BCUT2D eigenvalue weighted by molar-refractivity contribution is 5.92. The van der Waals surface area contributed by atoms with E-state index in [0.29, 0.717) is 17.9 Å². The van der Waals surface area contributed by atoms with Crippen LogP contribution in [0.4, 0.5) is 0 Å². The lowest BCUT2D eigenvalue weighted by Gasteiger charge is -2.06. The van der Waals surface area contributed by atoms with Crippen LogP contribution in [0.5, 0.6) is 0 Å². The van der Waals surface area contributed by atoms with Gasteiger partial charge in [0.2, 0.25) is 0 Å². The fraction of sp³-hybridized carbons (Fsp3) is 0.0714.